The molecule has 0 spiro atoms. The Morgan fingerprint density at radius 1 is 1.05 bits per heavy atom. The second kappa shape index (κ2) is 13.2. The van der Waals surface area contributed by atoms with Gasteiger partial charge in [-0.1, -0.05) is 41.9 Å². The SMILES string of the molecule is COc1cc(/C=C2/SC(=O)N(CC(=O)N3CCN(c4ccccc4)CC3)C2=O)cc(Cl)c1OCc1cccc([N+](=O)[O-])c1. The number of amides is 3. The van der Waals surface area contributed by atoms with E-state index < -0.39 is 16.1 Å². The number of hydrogen-bond acceptors (Lipinski definition) is 9. The van der Waals surface area contributed by atoms with Crippen molar-refractivity contribution >= 4 is 57.9 Å². The van der Waals surface area contributed by atoms with Crippen LogP contribution in [0.5, 0.6) is 11.5 Å². The zero-order valence-corrected chi connectivity index (χ0v) is 24.7. The molecule has 0 aromatic heterocycles. The van der Waals surface area contributed by atoms with Crippen LogP contribution in [0.2, 0.25) is 5.02 Å². The predicted octanol–water partition coefficient (Wildman–Crippen LogP) is 5.22. The van der Waals surface area contributed by atoms with E-state index in [0.29, 0.717) is 37.3 Å². The molecule has 222 valence electrons. The number of para-hydroxylation sites is 1. The maximum atomic E-state index is 13.1. The number of thioether (sulfide) groups is 1. The Hall–Kier alpha value is -4.55. The summed E-state index contributed by atoms with van der Waals surface area (Å²) in [5, 5.41) is 10.7. The maximum absolute atomic E-state index is 13.1. The van der Waals surface area contributed by atoms with Gasteiger partial charge in [-0.15, -0.1) is 0 Å². The summed E-state index contributed by atoms with van der Waals surface area (Å²) in [4.78, 5) is 54.3. The Morgan fingerprint density at radius 2 is 1.79 bits per heavy atom. The molecular weight excluding hydrogens is 596 g/mol. The Balaban J connectivity index is 1.23. The number of non-ortho nitro benzene ring substituents is 1. The van der Waals surface area contributed by atoms with E-state index in [2.05, 4.69) is 4.90 Å². The van der Waals surface area contributed by atoms with Gasteiger partial charge in [0.05, 0.1) is 22.0 Å². The molecule has 0 radical (unpaired) electrons. The van der Waals surface area contributed by atoms with Crippen molar-refractivity contribution in [1.29, 1.82) is 0 Å². The molecule has 3 amide bonds. The number of hydrogen-bond donors (Lipinski definition) is 0. The van der Waals surface area contributed by atoms with Crippen LogP contribution in [0.15, 0.2) is 71.6 Å². The standard InChI is InChI=1S/C30H27ClN4O7S/c1-41-25-16-21(15-24(31)28(25)42-19-20-6-5-9-23(14-20)35(39)40)17-26-29(37)34(30(38)43-26)18-27(36)33-12-10-32(11-13-33)22-7-3-2-4-8-22/h2-9,14-17H,10-13,18-19H2,1H3/b26-17+. The largest absolute Gasteiger partial charge is 0.493 e. The van der Waals surface area contributed by atoms with Gasteiger partial charge in [-0.05, 0) is 53.2 Å². The number of benzene rings is 3. The molecule has 0 bridgehead atoms. The molecule has 5 rings (SSSR count). The van der Waals surface area contributed by atoms with E-state index >= 15 is 0 Å². The van der Waals surface area contributed by atoms with Crippen LogP contribution in [0, 0.1) is 10.1 Å². The van der Waals surface area contributed by atoms with Crippen LogP contribution < -0.4 is 14.4 Å². The minimum Gasteiger partial charge on any atom is -0.493 e. The van der Waals surface area contributed by atoms with E-state index in [1.165, 1.54) is 25.3 Å². The average molecular weight is 623 g/mol. The number of carbonyl (C=O) groups excluding carboxylic acids is 3. The fourth-order valence-corrected chi connectivity index (χ4v) is 5.87. The van der Waals surface area contributed by atoms with Crippen molar-refractivity contribution in [2.45, 2.75) is 6.61 Å². The predicted molar refractivity (Wildman–Crippen MR) is 163 cm³/mol. The van der Waals surface area contributed by atoms with Gasteiger partial charge in [0.1, 0.15) is 13.2 Å². The van der Waals surface area contributed by atoms with Crippen LogP contribution in [-0.2, 0) is 16.2 Å². The van der Waals surface area contributed by atoms with Crippen molar-refractivity contribution in [3.8, 4) is 11.5 Å². The number of nitrogens with zero attached hydrogens (tertiary/aromatic N) is 4. The van der Waals surface area contributed by atoms with Crippen molar-refractivity contribution < 1.29 is 28.8 Å². The summed E-state index contributed by atoms with van der Waals surface area (Å²) in [5.41, 5.74) is 2.08. The molecule has 0 unspecified atom stereocenters. The third-order valence-electron chi connectivity index (χ3n) is 6.97. The summed E-state index contributed by atoms with van der Waals surface area (Å²) < 4.78 is 11.2. The lowest BCUT2D eigenvalue weighted by Gasteiger charge is -2.36. The third kappa shape index (κ3) is 6.92. The highest BCUT2D eigenvalue weighted by Crippen LogP contribution is 2.39. The number of nitro groups is 1. The normalized spacial score (nSPS) is 16.1. The van der Waals surface area contributed by atoms with Gasteiger partial charge < -0.3 is 19.3 Å². The maximum Gasteiger partial charge on any atom is 0.294 e. The van der Waals surface area contributed by atoms with Crippen molar-refractivity contribution in [3.05, 3.63) is 97.9 Å². The van der Waals surface area contributed by atoms with Crippen LogP contribution in [0.1, 0.15) is 11.1 Å². The van der Waals surface area contributed by atoms with Gasteiger partial charge in [0.2, 0.25) is 5.91 Å². The van der Waals surface area contributed by atoms with Gasteiger partial charge in [0.25, 0.3) is 16.8 Å². The minimum absolute atomic E-state index is 0.00529. The lowest BCUT2D eigenvalue weighted by atomic mass is 10.1. The Labute approximate surface area is 256 Å². The van der Waals surface area contributed by atoms with Gasteiger partial charge in [-0.25, -0.2) is 0 Å². The van der Waals surface area contributed by atoms with E-state index in [4.69, 9.17) is 21.1 Å². The molecule has 2 heterocycles. The van der Waals surface area contributed by atoms with Crippen molar-refractivity contribution in [2.24, 2.45) is 0 Å². The number of carbonyl (C=O) groups is 3. The molecule has 2 aliphatic heterocycles. The first-order valence-electron chi connectivity index (χ1n) is 13.3. The van der Waals surface area contributed by atoms with Crippen LogP contribution in [0.25, 0.3) is 6.08 Å². The van der Waals surface area contributed by atoms with Crippen LogP contribution >= 0.6 is 23.4 Å². The summed E-state index contributed by atoms with van der Waals surface area (Å²) >= 11 is 7.23. The molecule has 2 aliphatic rings. The molecule has 13 heteroatoms. The van der Waals surface area contributed by atoms with Gasteiger partial charge >= 0.3 is 0 Å². The van der Waals surface area contributed by atoms with Crippen molar-refractivity contribution in [1.82, 2.24) is 9.80 Å². The average Bonchev–Trinajstić information content (AvgIpc) is 3.27. The number of ether oxygens (including phenoxy) is 2. The zero-order chi connectivity index (χ0) is 30.5. The smallest absolute Gasteiger partial charge is 0.294 e. The molecule has 43 heavy (non-hydrogen) atoms. The lowest BCUT2D eigenvalue weighted by molar-refractivity contribution is -0.384. The highest BCUT2D eigenvalue weighted by Gasteiger charge is 2.37. The summed E-state index contributed by atoms with van der Waals surface area (Å²) in [6, 6.07) is 19.1. The number of imide groups is 1. The number of nitro benzene ring substituents is 1. The van der Waals surface area contributed by atoms with Crippen LogP contribution in [-0.4, -0.2) is 71.6 Å². The Kier molecular flexibility index (Phi) is 9.17. The molecule has 0 saturated carbocycles. The number of anilines is 1. The molecule has 0 aliphatic carbocycles. The first-order chi connectivity index (χ1) is 20.7. The molecule has 2 saturated heterocycles. The van der Waals surface area contributed by atoms with E-state index in [1.807, 2.05) is 30.3 Å². The monoisotopic (exact) mass is 622 g/mol. The molecule has 11 nitrogen and oxygen atoms in total. The third-order valence-corrected chi connectivity index (χ3v) is 8.16. The summed E-state index contributed by atoms with van der Waals surface area (Å²) in [5.74, 6) is -0.356. The van der Waals surface area contributed by atoms with E-state index in [-0.39, 0.29) is 46.2 Å². The summed E-state index contributed by atoms with van der Waals surface area (Å²) in [6.07, 6.45) is 1.51. The molecular formula is C30H27ClN4O7S. The number of halogens is 1. The van der Waals surface area contributed by atoms with E-state index in [9.17, 15) is 24.5 Å². The van der Waals surface area contributed by atoms with Crippen LogP contribution in [0.3, 0.4) is 0 Å². The highest BCUT2D eigenvalue weighted by atomic mass is 35.5. The molecule has 0 N–H and O–H groups in total. The molecule has 0 atom stereocenters. The quantitative estimate of drug-likeness (QED) is 0.179. The van der Waals surface area contributed by atoms with Gasteiger partial charge in [0, 0.05) is 44.0 Å². The van der Waals surface area contributed by atoms with Gasteiger partial charge in [0.15, 0.2) is 11.5 Å². The fraction of sp³-hybridized carbons (Fsp3) is 0.233. The first-order valence-corrected chi connectivity index (χ1v) is 14.5. The second-order valence-corrected chi connectivity index (χ2v) is 11.1. The van der Waals surface area contributed by atoms with E-state index in [1.54, 1.807) is 29.2 Å². The summed E-state index contributed by atoms with van der Waals surface area (Å²) in [7, 11) is 1.43. The molecule has 3 aromatic rings. The second-order valence-electron chi connectivity index (χ2n) is 9.72. The minimum atomic E-state index is -0.563. The summed E-state index contributed by atoms with van der Waals surface area (Å²) in [6.45, 7) is 1.98. The number of piperazine rings is 1. The van der Waals surface area contributed by atoms with Crippen molar-refractivity contribution in [2.75, 3.05) is 44.7 Å². The number of methoxy groups -OCH3 is 1. The topological polar surface area (TPSA) is 123 Å². The Morgan fingerprint density at radius 3 is 2.49 bits per heavy atom. The van der Waals surface area contributed by atoms with Gasteiger partial charge in [-0.3, -0.25) is 29.4 Å². The lowest BCUT2D eigenvalue weighted by Crippen LogP contribution is -2.51. The zero-order valence-electron chi connectivity index (χ0n) is 23.1. The van der Waals surface area contributed by atoms with Gasteiger partial charge in [-0.2, -0.15) is 0 Å². The Bertz CT molecular complexity index is 1590. The highest BCUT2D eigenvalue weighted by molar-refractivity contribution is 8.18. The molecule has 2 fully saturated rings. The first kappa shape index (κ1) is 29.9. The number of rotatable bonds is 9. The molecule has 3 aromatic carbocycles. The van der Waals surface area contributed by atoms with Crippen molar-refractivity contribution in [3.63, 3.8) is 0 Å². The van der Waals surface area contributed by atoms with E-state index in [0.717, 1.165) is 22.3 Å². The fourth-order valence-electron chi connectivity index (χ4n) is 4.75. The van der Waals surface area contributed by atoms with Crippen LogP contribution in [0.4, 0.5) is 16.2 Å².